The molecule has 0 bridgehead atoms. The third kappa shape index (κ3) is 2.62. The van der Waals surface area contributed by atoms with Gasteiger partial charge in [0.1, 0.15) is 12.1 Å². The van der Waals surface area contributed by atoms with Crippen LogP contribution in [0.4, 0.5) is 11.5 Å². The minimum absolute atomic E-state index is 0.121. The highest BCUT2D eigenvalue weighted by molar-refractivity contribution is 5.98. The highest BCUT2D eigenvalue weighted by Crippen LogP contribution is 2.18. The van der Waals surface area contributed by atoms with Crippen LogP contribution in [0.25, 0.3) is 0 Å². The number of hydrogen-bond donors (Lipinski definition) is 3. The SMILES string of the molecule is CC(Nc1cc(C(N)=O)c(N)cn1)c1nncn1C. The number of amides is 1. The van der Waals surface area contributed by atoms with Crippen molar-refractivity contribution in [3.8, 4) is 0 Å². The number of carbonyl (C=O) groups is 1. The van der Waals surface area contributed by atoms with Gasteiger partial charge >= 0.3 is 0 Å². The lowest BCUT2D eigenvalue weighted by Crippen LogP contribution is -2.16. The topological polar surface area (TPSA) is 125 Å². The Morgan fingerprint density at radius 2 is 2.26 bits per heavy atom. The molecule has 0 spiro atoms. The van der Waals surface area contributed by atoms with E-state index in [2.05, 4.69) is 20.5 Å². The molecule has 1 atom stereocenters. The molecule has 2 heterocycles. The van der Waals surface area contributed by atoms with Crippen LogP contribution in [0.3, 0.4) is 0 Å². The molecule has 0 saturated carbocycles. The number of nitrogen functional groups attached to an aromatic ring is 1. The van der Waals surface area contributed by atoms with Crippen molar-refractivity contribution in [2.75, 3.05) is 11.1 Å². The molecule has 5 N–H and O–H groups in total. The van der Waals surface area contributed by atoms with E-state index in [9.17, 15) is 4.79 Å². The van der Waals surface area contributed by atoms with Gasteiger partial charge in [-0.05, 0) is 13.0 Å². The van der Waals surface area contributed by atoms with Gasteiger partial charge in [-0.3, -0.25) is 4.79 Å². The lowest BCUT2D eigenvalue weighted by molar-refractivity contribution is 0.100. The molecule has 8 heteroatoms. The molecule has 8 nitrogen and oxygen atoms in total. The fourth-order valence-electron chi connectivity index (χ4n) is 1.73. The number of nitrogens with two attached hydrogens (primary N) is 2. The highest BCUT2D eigenvalue weighted by Gasteiger charge is 2.13. The van der Waals surface area contributed by atoms with Crippen LogP contribution in [0, 0.1) is 0 Å². The minimum atomic E-state index is -0.589. The van der Waals surface area contributed by atoms with Gasteiger partial charge in [-0.15, -0.1) is 10.2 Å². The number of carbonyl (C=O) groups excluding carboxylic acids is 1. The fourth-order valence-corrected chi connectivity index (χ4v) is 1.73. The highest BCUT2D eigenvalue weighted by atomic mass is 16.1. The molecule has 1 amide bonds. The zero-order chi connectivity index (χ0) is 14.0. The summed E-state index contributed by atoms with van der Waals surface area (Å²) in [5.41, 5.74) is 11.3. The number of hydrogen-bond acceptors (Lipinski definition) is 6. The van der Waals surface area contributed by atoms with Crippen molar-refractivity contribution >= 4 is 17.4 Å². The molecule has 1 unspecified atom stereocenters. The molecule has 100 valence electrons. The van der Waals surface area contributed by atoms with Gasteiger partial charge < -0.3 is 21.4 Å². The van der Waals surface area contributed by atoms with E-state index in [-0.39, 0.29) is 17.3 Å². The van der Waals surface area contributed by atoms with Gasteiger partial charge in [0.2, 0.25) is 0 Å². The number of anilines is 2. The molecule has 0 radical (unpaired) electrons. The van der Waals surface area contributed by atoms with E-state index in [1.54, 1.807) is 10.9 Å². The fraction of sp³-hybridized carbons (Fsp3) is 0.273. The Kier molecular flexibility index (Phi) is 3.32. The summed E-state index contributed by atoms with van der Waals surface area (Å²) in [5, 5.41) is 10.9. The maximum absolute atomic E-state index is 11.2. The second-order valence-corrected chi connectivity index (χ2v) is 4.19. The molecule has 2 aromatic heterocycles. The van der Waals surface area contributed by atoms with Crippen molar-refractivity contribution in [3.05, 3.63) is 30.0 Å². The molecule has 0 saturated heterocycles. The molecule has 0 aromatic carbocycles. The predicted molar refractivity (Wildman–Crippen MR) is 70.2 cm³/mol. The zero-order valence-corrected chi connectivity index (χ0v) is 10.7. The molecule has 0 aliphatic heterocycles. The summed E-state index contributed by atoms with van der Waals surface area (Å²) >= 11 is 0. The van der Waals surface area contributed by atoms with E-state index in [1.807, 2.05) is 14.0 Å². The molecule has 2 rings (SSSR count). The molecule has 0 fully saturated rings. The van der Waals surface area contributed by atoms with Crippen LogP contribution in [-0.4, -0.2) is 25.7 Å². The van der Waals surface area contributed by atoms with Crippen molar-refractivity contribution in [2.24, 2.45) is 12.8 Å². The maximum Gasteiger partial charge on any atom is 0.250 e. The predicted octanol–water partition coefficient (Wildman–Crippen LogP) is 0.0643. The molecule has 19 heavy (non-hydrogen) atoms. The van der Waals surface area contributed by atoms with E-state index < -0.39 is 5.91 Å². The lowest BCUT2D eigenvalue weighted by Gasteiger charge is -2.14. The molecular weight excluding hydrogens is 246 g/mol. The van der Waals surface area contributed by atoms with E-state index in [0.29, 0.717) is 5.82 Å². The Labute approximate surface area is 109 Å². The lowest BCUT2D eigenvalue weighted by atomic mass is 10.2. The van der Waals surface area contributed by atoms with Crippen LogP contribution in [0.1, 0.15) is 29.1 Å². The average Bonchev–Trinajstić information content (AvgIpc) is 2.77. The van der Waals surface area contributed by atoms with Crippen LogP contribution in [-0.2, 0) is 7.05 Å². The molecule has 0 aliphatic carbocycles. The quantitative estimate of drug-likeness (QED) is 0.715. The first kappa shape index (κ1) is 12.8. The summed E-state index contributed by atoms with van der Waals surface area (Å²) < 4.78 is 1.80. The van der Waals surface area contributed by atoms with Gasteiger partial charge in [-0.1, -0.05) is 0 Å². The first-order valence-corrected chi connectivity index (χ1v) is 5.64. The van der Waals surface area contributed by atoms with E-state index in [0.717, 1.165) is 5.82 Å². The van der Waals surface area contributed by atoms with Crippen LogP contribution < -0.4 is 16.8 Å². The Balaban J connectivity index is 2.22. The summed E-state index contributed by atoms with van der Waals surface area (Å²) in [6.07, 6.45) is 3.00. The first-order valence-electron chi connectivity index (χ1n) is 5.64. The Bertz CT molecular complexity index is 607. The van der Waals surface area contributed by atoms with Gasteiger partial charge in [-0.25, -0.2) is 4.98 Å². The number of primary amides is 1. The summed E-state index contributed by atoms with van der Waals surface area (Å²) in [6, 6.07) is 1.40. The largest absolute Gasteiger partial charge is 0.397 e. The maximum atomic E-state index is 11.2. The number of aryl methyl sites for hydroxylation is 1. The van der Waals surface area contributed by atoms with Gasteiger partial charge in [0.15, 0.2) is 5.82 Å². The summed E-state index contributed by atoms with van der Waals surface area (Å²) in [6.45, 7) is 1.91. The number of aromatic nitrogens is 4. The van der Waals surface area contributed by atoms with Crippen molar-refractivity contribution in [1.29, 1.82) is 0 Å². The number of nitrogens with one attached hydrogen (secondary N) is 1. The van der Waals surface area contributed by atoms with Crippen LogP contribution >= 0.6 is 0 Å². The van der Waals surface area contributed by atoms with Crippen molar-refractivity contribution < 1.29 is 4.79 Å². The third-order valence-corrected chi connectivity index (χ3v) is 2.70. The van der Waals surface area contributed by atoms with Crippen LogP contribution in [0.15, 0.2) is 18.6 Å². The molecular formula is C11H15N7O. The van der Waals surface area contributed by atoms with Gasteiger partial charge in [0.25, 0.3) is 5.91 Å². The Hall–Kier alpha value is -2.64. The third-order valence-electron chi connectivity index (χ3n) is 2.70. The van der Waals surface area contributed by atoms with Crippen LogP contribution in [0.5, 0.6) is 0 Å². The number of nitrogens with zero attached hydrogens (tertiary/aromatic N) is 4. The zero-order valence-electron chi connectivity index (χ0n) is 10.7. The molecule has 2 aromatic rings. The van der Waals surface area contributed by atoms with Crippen molar-refractivity contribution in [1.82, 2.24) is 19.7 Å². The Morgan fingerprint density at radius 1 is 1.53 bits per heavy atom. The van der Waals surface area contributed by atoms with E-state index >= 15 is 0 Å². The van der Waals surface area contributed by atoms with Crippen molar-refractivity contribution in [2.45, 2.75) is 13.0 Å². The second-order valence-electron chi connectivity index (χ2n) is 4.19. The average molecular weight is 261 g/mol. The standard InChI is InChI=1S/C11H15N7O/c1-6(11-17-15-5-18(11)2)16-9-3-7(10(13)19)8(12)4-14-9/h3-6H,12H2,1-2H3,(H2,13,19)(H,14,16). The number of pyridine rings is 1. The van der Waals surface area contributed by atoms with E-state index in [1.165, 1.54) is 12.3 Å². The molecule has 0 aliphatic rings. The second kappa shape index (κ2) is 4.92. The first-order chi connectivity index (χ1) is 8.99. The summed E-state index contributed by atoms with van der Waals surface area (Å²) in [7, 11) is 1.85. The monoisotopic (exact) mass is 261 g/mol. The normalized spacial score (nSPS) is 12.1. The van der Waals surface area contributed by atoms with Gasteiger partial charge in [-0.2, -0.15) is 0 Å². The van der Waals surface area contributed by atoms with Gasteiger partial charge in [0, 0.05) is 7.05 Å². The smallest absolute Gasteiger partial charge is 0.250 e. The van der Waals surface area contributed by atoms with Gasteiger partial charge in [0.05, 0.1) is 23.5 Å². The Morgan fingerprint density at radius 3 is 2.84 bits per heavy atom. The summed E-state index contributed by atoms with van der Waals surface area (Å²) in [4.78, 5) is 15.3. The number of rotatable bonds is 4. The van der Waals surface area contributed by atoms with Crippen LogP contribution in [0.2, 0.25) is 0 Å². The van der Waals surface area contributed by atoms with Crippen molar-refractivity contribution in [3.63, 3.8) is 0 Å². The minimum Gasteiger partial charge on any atom is -0.397 e. The van der Waals surface area contributed by atoms with E-state index in [4.69, 9.17) is 11.5 Å². The summed E-state index contributed by atoms with van der Waals surface area (Å²) in [5.74, 6) is 0.659.